The van der Waals surface area contributed by atoms with Crippen LogP contribution in [-0.2, 0) is 16.5 Å². The molecule has 1 aromatic rings. The number of carbonyl (C=O) groups is 1. The third-order valence-electron chi connectivity index (χ3n) is 1.85. The second-order valence-electron chi connectivity index (χ2n) is 2.90. The Bertz CT molecular complexity index is 339. The number of hydrogen-bond acceptors (Lipinski definition) is 1. The van der Waals surface area contributed by atoms with Crippen molar-refractivity contribution in [2.75, 3.05) is 5.33 Å². The largest absolute Gasteiger partial charge is 0.298 e. The molecule has 0 aliphatic carbocycles. The third-order valence-corrected chi connectivity index (χ3v) is 3.75. The van der Waals surface area contributed by atoms with Crippen LogP contribution in [0.25, 0.3) is 0 Å². The zero-order chi connectivity index (χ0) is 10.6. The van der Waals surface area contributed by atoms with Gasteiger partial charge in [-0.25, -0.2) is 0 Å². The fraction of sp³-hybridized carbons (Fsp3) is 0.300. The molecule has 0 radical (unpaired) electrons. The minimum atomic E-state index is 0.217. The van der Waals surface area contributed by atoms with Gasteiger partial charge in [0.2, 0.25) is 0 Å². The predicted molar refractivity (Wildman–Crippen MR) is 74.3 cm³/mol. The van der Waals surface area contributed by atoms with Gasteiger partial charge in [0.05, 0.1) is 5.33 Å². The van der Waals surface area contributed by atoms with Crippen LogP contribution in [0.4, 0.5) is 0 Å². The second kappa shape index (κ2) is 6.23. The lowest BCUT2D eigenvalue weighted by Gasteiger charge is -2.06. The number of alkyl halides is 2. The molecule has 0 saturated heterocycles. The third kappa shape index (κ3) is 3.62. The molecule has 1 rings (SSSR count). The molecule has 76 valence electrons. The molecule has 14 heavy (non-hydrogen) atoms. The Morgan fingerprint density at radius 3 is 2.57 bits per heavy atom. The van der Waals surface area contributed by atoms with Crippen molar-refractivity contribution in [3.8, 4) is 0 Å². The summed E-state index contributed by atoms with van der Waals surface area (Å²) < 4.78 is 1.17. The number of carbonyl (C=O) groups excluding carboxylic acids is 1. The van der Waals surface area contributed by atoms with E-state index in [4.69, 9.17) is 0 Å². The van der Waals surface area contributed by atoms with E-state index in [9.17, 15) is 4.79 Å². The highest BCUT2D eigenvalue weighted by Gasteiger charge is 2.06. The van der Waals surface area contributed by atoms with Crippen molar-refractivity contribution in [1.29, 1.82) is 0 Å². The van der Waals surface area contributed by atoms with E-state index in [0.717, 1.165) is 10.9 Å². The van der Waals surface area contributed by atoms with Gasteiger partial charge in [-0.2, -0.15) is 0 Å². The smallest absolute Gasteiger partial charge is 0.147 e. The Morgan fingerprint density at radius 2 is 2.00 bits per heavy atom. The highest BCUT2D eigenvalue weighted by Crippen LogP contribution is 2.17. The maximum atomic E-state index is 11.3. The lowest BCUT2D eigenvalue weighted by Crippen LogP contribution is -2.05. The topological polar surface area (TPSA) is 17.1 Å². The second-order valence-corrected chi connectivity index (χ2v) is 5.26. The molecule has 4 heteroatoms. The molecule has 0 spiro atoms. The van der Waals surface area contributed by atoms with Crippen molar-refractivity contribution in [2.45, 2.75) is 11.8 Å². The van der Waals surface area contributed by atoms with Crippen LogP contribution in [-0.4, -0.2) is 11.1 Å². The fourth-order valence-corrected chi connectivity index (χ4v) is 2.45. The zero-order valence-corrected chi connectivity index (χ0v) is 12.7. The van der Waals surface area contributed by atoms with Gasteiger partial charge in [-0.3, -0.25) is 4.79 Å². The Balaban J connectivity index is 2.93. The zero-order valence-electron chi connectivity index (χ0n) is 7.40. The van der Waals surface area contributed by atoms with Gasteiger partial charge in [-0.05, 0) is 45.9 Å². The molecule has 1 nitrogen and oxygen atoms in total. The maximum Gasteiger partial charge on any atom is 0.147 e. The Kier molecular flexibility index (Phi) is 5.62. The van der Waals surface area contributed by atoms with Gasteiger partial charge in [0.1, 0.15) is 5.78 Å². The summed E-state index contributed by atoms with van der Waals surface area (Å²) in [5, 5.41) is 1.23. The monoisotopic (exact) mass is 430 g/mol. The van der Waals surface area contributed by atoms with Crippen molar-refractivity contribution in [1.82, 2.24) is 0 Å². The van der Waals surface area contributed by atoms with Crippen LogP contribution >= 0.6 is 54.5 Å². The molecule has 0 amide bonds. The van der Waals surface area contributed by atoms with Gasteiger partial charge in [-0.15, -0.1) is 0 Å². The van der Waals surface area contributed by atoms with Gasteiger partial charge in [0, 0.05) is 15.3 Å². The van der Waals surface area contributed by atoms with Crippen molar-refractivity contribution in [3.05, 3.63) is 32.9 Å². The average molecular weight is 432 g/mol. The van der Waals surface area contributed by atoms with Crippen LogP contribution in [0.2, 0.25) is 0 Å². The molecule has 1 aromatic carbocycles. The quantitative estimate of drug-likeness (QED) is 0.525. The van der Waals surface area contributed by atoms with Gasteiger partial charge in [0.25, 0.3) is 0 Å². The standard InChI is InChI=1S/C10H9Br2IO/c11-5-7-1-2-9(13)3-8(7)4-10(14)6-12/h1-3H,4-6H2. The van der Waals surface area contributed by atoms with Crippen LogP contribution in [0.3, 0.4) is 0 Å². The first-order valence-electron chi connectivity index (χ1n) is 4.08. The van der Waals surface area contributed by atoms with Crippen molar-refractivity contribution in [3.63, 3.8) is 0 Å². The van der Waals surface area contributed by atoms with Crippen LogP contribution in [0.1, 0.15) is 11.1 Å². The van der Waals surface area contributed by atoms with Crippen LogP contribution in [0, 0.1) is 3.57 Å². The van der Waals surface area contributed by atoms with E-state index in [1.165, 1.54) is 9.13 Å². The normalized spacial score (nSPS) is 10.2. The number of Topliss-reactive ketones (excluding diaryl/α,β-unsaturated/α-hetero) is 1. The number of benzene rings is 1. The number of hydrogen-bond donors (Lipinski definition) is 0. The molecule has 0 aromatic heterocycles. The lowest BCUT2D eigenvalue weighted by atomic mass is 10.0. The van der Waals surface area contributed by atoms with Crippen molar-refractivity contribution < 1.29 is 4.79 Å². The van der Waals surface area contributed by atoms with Crippen LogP contribution < -0.4 is 0 Å². The predicted octanol–water partition coefficient (Wildman–Crippen LogP) is 3.69. The van der Waals surface area contributed by atoms with Crippen molar-refractivity contribution >= 4 is 60.2 Å². The first kappa shape index (κ1) is 12.6. The van der Waals surface area contributed by atoms with Gasteiger partial charge in [-0.1, -0.05) is 37.9 Å². The lowest BCUT2D eigenvalue weighted by molar-refractivity contribution is -0.115. The molecule has 0 atom stereocenters. The van der Waals surface area contributed by atoms with Gasteiger partial charge >= 0.3 is 0 Å². The summed E-state index contributed by atoms with van der Waals surface area (Å²) >= 11 is 8.85. The highest BCUT2D eigenvalue weighted by atomic mass is 127. The minimum absolute atomic E-state index is 0.217. The van der Waals surface area contributed by atoms with E-state index in [0.29, 0.717) is 11.8 Å². The Morgan fingerprint density at radius 1 is 1.29 bits per heavy atom. The SMILES string of the molecule is O=C(CBr)Cc1cc(I)ccc1CBr. The van der Waals surface area contributed by atoms with Crippen molar-refractivity contribution in [2.24, 2.45) is 0 Å². The molecule has 0 bridgehead atoms. The highest BCUT2D eigenvalue weighted by molar-refractivity contribution is 14.1. The molecule has 0 saturated carbocycles. The molecule has 0 fully saturated rings. The van der Waals surface area contributed by atoms with E-state index in [1.807, 2.05) is 0 Å². The molecular weight excluding hydrogens is 423 g/mol. The van der Waals surface area contributed by atoms with Gasteiger partial charge < -0.3 is 0 Å². The first-order valence-corrected chi connectivity index (χ1v) is 7.40. The average Bonchev–Trinajstić information content (AvgIpc) is 2.18. The van der Waals surface area contributed by atoms with E-state index in [2.05, 4.69) is 72.6 Å². The fourth-order valence-electron chi connectivity index (χ4n) is 1.15. The van der Waals surface area contributed by atoms with E-state index < -0.39 is 0 Å². The summed E-state index contributed by atoms with van der Waals surface area (Å²) in [6.07, 6.45) is 0.517. The summed E-state index contributed by atoms with van der Waals surface area (Å²) in [5.41, 5.74) is 2.32. The number of rotatable bonds is 4. The summed E-state index contributed by atoms with van der Waals surface area (Å²) in [4.78, 5) is 11.3. The Labute approximate surface area is 114 Å². The maximum absolute atomic E-state index is 11.3. The molecular formula is C10H9Br2IO. The van der Waals surface area contributed by atoms with E-state index in [-0.39, 0.29) is 5.78 Å². The number of ketones is 1. The Hall–Kier alpha value is 0.580. The molecule has 0 aliphatic rings. The number of halogens is 3. The summed E-state index contributed by atoms with van der Waals surface area (Å²) in [6, 6.07) is 6.18. The van der Waals surface area contributed by atoms with Gasteiger partial charge in [0.15, 0.2) is 0 Å². The van der Waals surface area contributed by atoms with Crippen LogP contribution in [0.15, 0.2) is 18.2 Å². The van der Waals surface area contributed by atoms with E-state index in [1.54, 1.807) is 0 Å². The summed E-state index contributed by atoms with van der Waals surface area (Å²) in [7, 11) is 0. The molecule has 0 N–H and O–H groups in total. The first-order chi connectivity index (χ1) is 6.67. The molecule has 0 unspecified atom stereocenters. The van der Waals surface area contributed by atoms with E-state index >= 15 is 0 Å². The minimum Gasteiger partial charge on any atom is -0.298 e. The summed E-state index contributed by atoms with van der Waals surface area (Å²) in [5.74, 6) is 0.217. The van der Waals surface area contributed by atoms with Crippen LogP contribution in [0.5, 0.6) is 0 Å². The summed E-state index contributed by atoms with van der Waals surface area (Å²) in [6.45, 7) is 0. The molecule has 0 aliphatic heterocycles. The molecule has 0 heterocycles.